The van der Waals surface area contributed by atoms with E-state index < -0.39 is 5.92 Å². The van der Waals surface area contributed by atoms with Crippen LogP contribution in [0, 0.1) is 5.92 Å². The van der Waals surface area contributed by atoms with Crippen molar-refractivity contribution in [2.45, 2.75) is 0 Å². The minimum Gasteiger partial charge on any atom is -0.273 e. The lowest BCUT2D eigenvalue weighted by Crippen LogP contribution is -2.30. The van der Waals surface area contributed by atoms with E-state index in [0.29, 0.717) is 11.3 Å². The second-order valence-electron chi connectivity index (χ2n) is 3.67. The van der Waals surface area contributed by atoms with Gasteiger partial charge < -0.3 is 0 Å². The van der Waals surface area contributed by atoms with Crippen molar-refractivity contribution in [2.75, 3.05) is 4.90 Å². The molecule has 3 rings (SSSR count). The van der Waals surface area contributed by atoms with E-state index in [1.807, 2.05) is 6.07 Å². The van der Waals surface area contributed by atoms with Crippen LogP contribution in [-0.2, 0) is 9.59 Å². The van der Waals surface area contributed by atoms with Gasteiger partial charge in [-0.2, -0.15) is 0 Å². The first kappa shape index (κ1) is 11.5. The number of rotatable bonds is 1. The molecule has 2 heterocycles. The van der Waals surface area contributed by atoms with Gasteiger partial charge >= 0.3 is 0 Å². The maximum absolute atomic E-state index is 12.0. The molecule has 1 saturated heterocycles. The predicted octanol–water partition coefficient (Wildman–Crippen LogP) is 1.57. The number of carbonyl (C=O) groups is 2. The highest BCUT2D eigenvalue weighted by molar-refractivity contribution is 6.33. The van der Waals surface area contributed by atoms with Crippen LogP contribution in [0.3, 0.4) is 0 Å². The number of amides is 2. The molecule has 0 bridgehead atoms. The van der Waals surface area contributed by atoms with Gasteiger partial charge in [0, 0.05) is 12.4 Å². The standard InChI is InChI=1S/C12H8N2O2.ClH/c15-11-9-6-13-7-10(9)12(16)14(11)8-4-2-1-3-5-8;/h1-7,9H;1H/t9-;/m0./s1. The molecule has 0 aliphatic carbocycles. The molecule has 0 unspecified atom stereocenters. The Balaban J connectivity index is 0.00000108. The Kier molecular flexibility index (Phi) is 2.81. The second kappa shape index (κ2) is 4.14. The van der Waals surface area contributed by atoms with E-state index >= 15 is 0 Å². The van der Waals surface area contributed by atoms with Gasteiger partial charge in [-0.05, 0) is 12.1 Å². The third-order valence-electron chi connectivity index (χ3n) is 2.73. The summed E-state index contributed by atoms with van der Waals surface area (Å²) in [5.41, 5.74) is 1.08. The Morgan fingerprint density at radius 2 is 1.82 bits per heavy atom. The number of hydrogen-bond donors (Lipinski definition) is 0. The molecule has 1 atom stereocenters. The van der Waals surface area contributed by atoms with Crippen LogP contribution in [0.25, 0.3) is 0 Å². The van der Waals surface area contributed by atoms with Gasteiger partial charge in [0.25, 0.3) is 5.91 Å². The largest absolute Gasteiger partial charge is 0.273 e. The third kappa shape index (κ3) is 1.57. The number of aliphatic imine (C=N–C) groups is 1. The molecule has 5 heteroatoms. The van der Waals surface area contributed by atoms with Crippen LogP contribution >= 0.6 is 12.4 Å². The number of carbonyl (C=O) groups excluding carboxylic acids is 2. The lowest BCUT2D eigenvalue weighted by Gasteiger charge is -2.13. The minimum absolute atomic E-state index is 0. The summed E-state index contributed by atoms with van der Waals surface area (Å²) in [5, 5.41) is 0. The first-order valence-electron chi connectivity index (χ1n) is 4.96. The fraction of sp³-hybridized carbons (Fsp3) is 0.0833. The molecule has 2 aliphatic heterocycles. The quantitative estimate of drug-likeness (QED) is 0.709. The molecule has 86 valence electrons. The number of hydrogen-bond acceptors (Lipinski definition) is 3. The number of imide groups is 1. The van der Waals surface area contributed by atoms with Gasteiger partial charge in [-0.25, -0.2) is 4.90 Å². The lowest BCUT2D eigenvalue weighted by molar-refractivity contribution is -0.121. The first-order chi connectivity index (χ1) is 7.79. The Hall–Kier alpha value is -1.94. The normalized spacial score (nSPS) is 21.3. The topological polar surface area (TPSA) is 49.7 Å². The van der Waals surface area contributed by atoms with Gasteiger partial charge in [-0.1, -0.05) is 18.2 Å². The average Bonchev–Trinajstić information content (AvgIpc) is 2.86. The Labute approximate surface area is 104 Å². The van der Waals surface area contributed by atoms with E-state index in [2.05, 4.69) is 4.99 Å². The summed E-state index contributed by atoms with van der Waals surface area (Å²) in [6, 6.07) is 8.93. The summed E-state index contributed by atoms with van der Waals surface area (Å²) in [6.45, 7) is 0. The van der Waals surface area contributed by atoms with Crippen molar-refractivity contribution in [1.29, 1.82) is 0 Å². The zero-order valence-electron chi connectivity index (χ0n) is 8.74. The molecule has 4 nitrogen and oxygen atoms in total. The highest BCUT2D eigenvalue weighted by atomic mass is 35.5. The Bertz CT molecular complexity index is 537. The molecule has 0 radical (unpaired) electrons. The maximum Gasteiger partial charge on any atom is 0.263 e. The third-order valence-corrected chi connectivity index (χ3v) is 2.73. The van der Waals surface area contributed by atoms with E-state index in [4.69, 9.17) is 0 Å². The molecule has 0 N–H and O–H groups in total. The van der Waals surface area contributed by atoms with Crippen molar-refractivity contribution in [3.05, 3.63) is 42.1 Å². The van der Waals surface area contributed by atoms with Crippen molar-refractivity contribution >= 4 is 36.1 Å². The maximum atomic E-state index is 12.0. The van der Waals surface area contributed by atoms with E-state index in [0.717, 1.165) is 0 Å². The summed E-state index contributed by atoms with van der Waals surface area (Å²) in [4.78, 5) is 29.0. The SMILES string of the molecule is Cl.O=C1C2=CN=C[C@@H]2C(=O)N1c1ccccc1. The number of para-hydroxylation sites is 1. The summed E-state index contributed by atoms with van der Waals surface area (Å²) in [7, 11) is 0. The summed E-state index contributed by atoms with van der Waals surface area (Å²) < 4.78 is 0. The van der Waals surface area contributed by atoms with Gasteiger partial charge in [0.2, 0.25) is 5.91 Å². The highest BCUT2D eigenvalue weighted by Crippen LogP contribution is 2.31. The molecule has 0 aromatic heterocycles. The molecule has 17 heavy (non-hydrogen) atoms. The van der Waals surface area contributed by atoms with Gasteiger partial charge in [-0.3, -0.25) is 14.6 Å². The monoisotopic (exact) mass is 248 g/mol. The fourth-order valence-corrected chi connectivity index (χ4v) is 1.94. The highest BCUT2D eigenvalue weighted by Gasteiger charge is 2.44. The van der Waals surface area contributed by atoms with Gasteiger partial charge in [-0.15, -0.1) is 12.4 Å². The molecular formula is C12H9ClN2O2. The number of benzene rings is 1. The van der Waals surface area contributed by atoms with Gasteiger partial charge in [0.1, 0.15) is 5.92 Å². The van der Waals surface area contributed by atoms with Crippen molar-refractivity contribution in [3.8, 4) is 0 Å². The van der Waals surface area contributed by atoms with Crippen LogP contribution in [0.5, 0.6) is 0 Å². The zero-order chi connectivity index (χ0) is 11.1. The van der Waals surface area contributed by atoms with Gasteiger partial charge in [0.05, 0.1) is 11.3 Å². The van der Waals surface area contributed by atoms with Crippen LogP contribution in [0.2, 0.25) is 0 Å². The molecular weight excluding hydrogens is 240 g/mol. The molecule has 2 amide bonds. The number of fused-ring (bicyclic) bond motifs is 1. The molecule has 1 aromatic carbocycles. The van der Waals surface area contributed by atoms with Crippen molar-refractivity contribution in [1.82, 2.24) is 0 Å². The lowest BCUT2D eigenvalue weighted by atomic mass is 10.1. The summed E-state index contributed by atoms with van der Waals surface area (Å²) >= 11 is 0. The molecule has 1 fully saturated rings. The van der Waals surface area contributed by atoms with Crippen LogP contribution in [-0.4, -0.2) is 18.0 Å². The van der Waals surface area contributed by atoms with Gasteiger partial charge in [0.15, 0.2) is 0 Å². The van der Waals surface area contributed by atoms with E-state index in [-0.39, 0.29) is 24.2 Å². The van der Waals surface area contributed by atoms with Crippen LogP contribution in [0.4, 0.5) is 5.69 Å². The summed E-state index contributed by atoms with van der Waals surface area (Å²) in [5.74, 6) is -0.963. The summed E-state index contributed by atoms with van der Waals surface area (Å²) in [6.07, 6.45) is 2.98. The fourth-order valence-electron chi connectivity index (χ4n) is 1.94. The molecule has 2 aliphatic rings. The Morgan fingerprint density at radius 3 is 2.47 bits per heavy atom. The number of nitrogens with zero attached hydrogens (tertiary/aromatic N) is 2. The van der Waals surface area contributed by atoms with Crippen molar-refractivity contribution < 1.29 is 9.59 Å². The predicted molar refractivity (Wildman–Crippen MR) is 66.2 cm³/mol. The second-order valence-corrected chi connectivity index (χ2v) is 3.67. The number of halogens is 1. The first-order valence-corrected chi connectivity index (χ1v) is 4.96. The molecule has 0 saturated carbocycles. The minimum atomic E-state index is -0.479. The van der Waals surface area contributed by atoms with Crippen molar-refractivity contribution in [2.24, 2.45) is 10.9 Å². The van der Waals surface area contributed by atoms with Crippen LogP contribution in [0.1, 0.15) is 0 Å². The van der Waals surface area contributed by atoms with Crippen LogP contribution in [0.15, 0.2) is 47.1 Å². The molecule has 0 spiro atoms. The average molecular weight is 249 g/mol. The number of anilines is 1. The van der Waals surface area contributed by atoms with Crippen molar-refractivity contribution in [3.63, 3.8) is 0 Å². The smallest absolute Gasteiger partial charge is 0.263 e. The van der Waals surface area contributed by atoms with E-state index in [1.54, 1.807) is 24.3 Å². The van der Waals surface area contributed by atoms with Crippen LogP contribution < -0.4 is 4.90 Å². The Morgan fingerprint density at radius 1 is 1.12 bits per heavy atom. The molecule has 1 aromatic rings. The van der Waals surface area contributed by atoms with E-state index in [1.165, 1.54) is 17.3 Å². The van der Waals surface area contributed by atoms with E-state index in [9.17, 15) is 9.59 Å². The zero-order valence-corrected chi connectivity index (χ0v) is 9.55.